The van der Waals surface area contributed by atoms with Gasteiger partial charge in [0.25, 0.3) is 0 Å². The number of ether oxygens (including phenoxy) is 2. The molecule has 0 atom stereocenters. The second-order valence-corrected chi connectivity index (χ2v) is 8.13. The second-order valence-electron chi connectivity index (χ2n) is 6.42. The van der Waals surface area contributed by atoms with E-state index in [1.807, 2.05) is 13.8 Å². The number of benzene rings is 4. The Balaban J connectivity index is 2.20. The average molecular weight is 500 g/mol. The van der Waals surface area contributed by atoms with Crippen LogP contribution in [-0.4, -0.2) is 13.2 Å². The fraction of sp³-hybridized carbons (Fsp3) is 0.167. The minimum atomic E-state index is 0.593. The summed E-state index contributed by atoms with van der Waals surface area (Å²) in [5.41, 5.74) is 2.13. The Hall–Kier alpha value is -2.04. The zero-order valence-corrected chi connectivity index (χ0v) is 18.9. The Morgan fingerprint density at radius 3 is 1.32 bits per heavy atom. The molecule has 0 heterocycles. The van der Waals surface area contributed by atoms with Gasteiger partial charge in [-0.25, -0.2) is 0 Å². The lowest BCUT2D eigenvalue weighted by molar-refractivity contribution is 0.337. The quantitative estimate of drug-likeness (QED) is 0.277. The van der Waals surface area contributed by atoms with Gasteiger partial charge in [-0.3, -0.25) is 0 Å². The molecule has 0 unspecified atom stereocenters. The van der Waals surface area contributed by atoms with Crippen molar-refractivity contribution in [2.24, 2.45) is 0 Å². The van der Waals surface area contributed by atoms with Gasteiger partial charge in [0.05, 0.1) is 13.2 Å². The second kappa shape index (κ2) is 8.14. The first kappa shape index (κ1) is 19.3. The van der Waals surface area contributed by atoms with E-state index in [1.165, 1.54) is 0 Å². The van der Waals surface area contributed by atoms with Crippen molar-refractivity contribution in [3.05, 3.63) is 69.6 Å². The highest BCUT2D eigenvalue weighted by atomic mass is 79.9. The summed E-state index contributed by atoms with van der Waals surface area (Å²) in [5, 5.41) is 4.56. The maximum Gasteiger partial charge on any atom is 0.129 e. The van der Waals surface area contributed by atoms with Gasteiger partial charge in [0.2, 0.25) is 0 Å². The van der Waals surface area contributed by atoms with E-state index in [-0.39, 0.29) is 0 Å². The molecular weight excluding hydrogens is 480 g/mol. The predicted molar refractivity (Wildman–Crippen MR) is 125 cm³/mol. The Morgan fingerprint density at radius 2 is 0.964 bits per heavy atom. The van der Waals surface area contributed by atoms with E-state index in [0.29, 0.717) is 13.2 Å². The van der Waals surface area contributed by atoms with Crippen molar-refractivity contribution >= 4 is 53.4 Å². The molecule has 0 radical (unpaired) electrons. The maximum atomic E-state index is 6.10. The molecule has 0 N–H and O–H groups in total. The Bertz CT molecular complexity index is 1080. The van der Waals surface area contributed by atoms with E-state index >= 15 is 0 Å². The van der Waals surface area contributed by atoms with Crippen molar-refractivity contribution < 1.29 is 9.47 Å². The summed E-state index contributed by atoms with van der Waals surface area (Å²) < 4.78 is 14.2. The predicted octanol–water partition coefficient (Wildman–Crippen LogP) is 7.98. The molecule has 0 saturated carbocycles. The van der Waals surface area contributed by atoms with Gasteiger partial charge in [-0.05, 0) is 47.5 Å². The van der Waals surface area contributed by atoms with Crippen LogP contribution in [0.25, 0.3) is 32.7 Å². The van der Waals surface area contributed by atoms with E-state index in [1.54, 1.807) is 0 Å². The van der Waals surface area contributed by atoms with Gasteiger partial charge in [-0.1, -0.05) is 80.4 Å². The minimum Gasteiger partial charge on any atom is -0.493 e. The molecular formula is C24H20Br2O2. The number of halogens is 2. The molecule has 4 rings (SSSR count). The number of fused-ring (bicyclic) bond motifs is 2. The van der Waals surface area contributed by atoms with E-state index in [9.17, 15) is 0 Å². The van der Waals surface area contributed by atoms with Crippen molar-refractivity contribution in [2.75, 3.05) is 13.2 Å². The summed E-state index contributed by atoms with van der Waals surface area (Å²) in [6.07, 6.45) is 0. The van der Waals surface area contributed by atoms with Crippen molar-refractivity contribution in [3.8, 4) is 22.6 Å². The zero-order chi connectivity index (χ0) is 19.7. The van der Waals surface area contributed by atoms with E-state index in [2.05, 4.69) is 92.5 Å². The van der Waals surface area contributed by atoms with Crippen LogP contribution in [0.1, 0.15) is 13.8 Å². The summed E-state index contributed by atoms with van der Waals surface area (Å²) in [6, 6.07) is 20.9. The van der Waals surface area contributed by atoms with Crippen LogP contribution in [0.15, 0.2) is 69.6 Å². The van der Waals surface area contributed by atoms with E-state index in [4.69, 9.17) is 9.47 Å². The third kappa shape index (κ3) is 3.29. The molecule has 0 fully saturated rings. The number of hydrogen-bond donors (Lipinski definition) is 0. The van der Waals surface area contributed by atoms with Gasteiger partial charge in [-0.15, -0.1) is 0 Å². The largest absolute Gasteiger partial charge is 0.493 e. The summed E-state index contributed by atoms with van der Waals surface area (Å²) >= 11 is 7.43. The van der Waals surface area contributed by atoms with Crippen LogP contribution in [0.5, 0.6) is 11.5 Å². The van der Waals surface area contributed by atoms with Crippen LogP contribution < -0.4 is 9.47 Å². The average Bonchev–Trinajstić information content (AvgIpc) is 2.70. The van der Waals surface area contributed by atoms with Gasteiger partial charge in [0, 0.05) is 20.1 Å². The lowest BCUT2D eigenvalue weighted by Crippen LogP contribution is -2.00. The molecule has 0 aliphatic rings. The summed E-state index contributed by atoms with van der Waals surface area (Å²) in [5.74, 6) is 1.70. The maximum absolute atomic E-state index is 6.10. The smallest absolute Gasteiger partial charge is 0.129 e. The molecule has 28 heavy (non-hydrogen) atoms. The van der Waals surface area contributed by atoms with Crippen LogP contribution in [0.3, 0.4) is 0 Å². The van der Waals surface area contributed by atoms with Gasteiger partial charge < -0.3 is 9.47 Å². The first-order valence-electron chi connectivity index (χ1n) is 9.34. The first-order chi connectivity index (χ1) is 13.7. The molecule has 0 spiro atoms. The van der Waals surface area contributed by atoms with Crippen LogP contribution >= 0.6 is 31.9 Å². The molecule has 142 valence electrons. The zero-order valence-electron chi connectivity index (χ0n) is 15.8. The summed E-state index contributed by atoms with van der Waals surface area (Å²) in [4.78, 5) is 0. The molecule has 4 aromatic rings. The van der Waals surface area contributed by atoms with Gasteiger partial charge in [0.1, 0.15) is 11.5 Å². The van der Waals surface area contributed by atoms with E-state index in [0.717, 1.165) is 53.1 Å². The van der Waals surface area contributed by atoms with Crippen LogP contribution in [-0.2, 0) is 0 Å². The van der Waals surface area contributed by atoms with Crippen molar-refractivity contribution in [1.82, 2.24) is 0 Å². The van der Waals surface area contributed by atoms with E-state index < -0.39 is 0 Å². The highest BCUT2D eigenvalue weighted by Gasteiger charge is 2.21. The van der Waals surface area contributed by atoms with Gasteiger partial charge in [0.15, 0.2) is 0 Å². The molecule has 0 aliphatic heterocycles. The van der Waals surface area contributed by atoms with Crippen LogP contribution in [0, 0.1) is 0 Å². The Kier molecular flexibility index (Phi) is 5.61. The Morgan fingerprint density at radius 1 is 0.607 bits per heavy atom. The van der Waals surface area contributed by atoms with Gasteiger partial charge in [-0.2, -0.15) is 0 Å². The topological polar surface area (TPSA) is 18.5 Å². The van der Waals surface area contributed by atoms with Crippen molar-refractivity contribution in [2.45, 2.75) is 13.8 Å². The lowest BCUT2D eigenvalue weighted by atomic mass is 9.92. The number of hydrogen-bond acceptors (Lipinski definition) is 2. The molecule has 0 amide bonds. The molecule has 0 aromatic heterocycles. The number of rotatable bonds is 5. The van der Waals surface area contributed by atoms with Crippen molar-refractivity contribution in [3.63, 3.8) is 0 Å². The van der Waals surface area contributed by atoms with Crippen LogP contribution in [0.2, 0.25) is 0 Å². The standard InChI is InChI=1S/C24H20Br2O2/c1-3-27-21-13-19(25)15-9-5-7-11-17(15)23(21)24-18-12-8-6-10-16(18)20(26)14-22(24)28-4-2/h5-14H,3-4H2,1-2H3. The molecule has 0 saturated heterocycles. The minimum absolute atomic E-state index is 0.593. The lowest BCUT2D eigenvalue weighted by Gasteiger charge is -2.20. The summed E-state index contributed by atoms with van der Waals surface area (Å²) in [6.45, 7) is 5.21. The normalized spacial score (nSPS) is 11.1. The third-order valence-electron chi connectivity index (χ3n) is 4.77. The van der Waals surface area contributed by atoms with Crippen molar-refractivity contribution in [1.29, 1.82) is 0 Å². The monoisotopic (exact) mass is 498 g/mol. The SMILES string of the molecule is CCOc1cc(Br)c2ccccc2c1-c1c(OCC)cc(Br)c2ccccc12. The summed E-state index contributed by atoms with van der Waals surface area (Å²) in [7, 11) is 0. The fourth-order valence-electron chi connectivity index (χ4n) is 3.67. The third-order valence-corrected chi connectivity index (χ3v) is 6.08. The van der Waals surface area contributed by atoms with Crippen LogP contribution in [0.4, 0.5) is 0 Å². The molecule has 4 aromatic carbocycles. The molecule has 4 heteroatoms. The Labute approximate surface area is 181 Å². The fourth-order valence-corrected chi connectivity index (χ4v) is 4.78. The first-order valence-corrected chi connectivity index (χ1v) is 10.9. The molecule has 2 nitrogen and oxygen atoms in total. The molecule has 0 aliphatic carbocycles. The highest BCUT2D eigenvalue weighted by molar-refractivity contribution is 9.11. The highest BCUT2D eigenvalue weighted by Crippen LogP contribution is 2.48. The molecule has 0 bridgehead atoms. The van der Waals surface area contributed by atoms with Gasteiger partial charge >= 0.3 is 0 Å².